The Kier molecular flexibility index (Phi) is 3.84. The molecule has 0 bridgehead atoms. The van der Waals surface area contributed by atoms with E-state index in [1.807, 2.05) is 6.07 Å². The number of hydrogen-bond donors (Lipinski definition) is 1. The standard InChI is InChI=1S/C13H16ClN5O/c14-12-8-9(15)3-4-11(12)13-16-17-18-19(13)6-5-10-2-1-7-20-10/h3-4,8,10H,1-2,5-7,15H2. The monoisotopic (exact) mass is 293 g/mol. The molecule has 1 unspecified atom stereocenters. The summed E-state index contributed by atoms with van der Waals surface area (Å²) in [5.41, 5.74) is 7.11. The van der Waals surface area contributed by atoms with Crippen molar-refractivity contribution < 1.29 is 4.74 Å². The number of benzene rings is 1. The van der Waals surface area contributed by atoms with Crippen LogP contribution in [0.5, 0.6) is 0 Å². The van der Waals surface area contributed by atoms with Crippen LogP contribution in [0.15, 0.2) is 18.2 Å². The summed E-state index contributed by atoms with van der Waals surface area (Å²) in [5.74, 6) is 0.660. The molecule has 2 aromatic rings. The van der Waals surface area contributed by atoms with Gasteiger partial charge < -0.3 is 10.5 Å². The van der Waals surface area contributed by atoms with E-state index in [4.69, 9.17) is 22.1 Å². The van der Waals surface area contributed by atoms with Crippen LogP contribution in [0.2, 0.25) is 5.02 Å². The third-order valence-corrected chi connectivity index (χ3v) is 3.77. The van der Waals surface area contributed by atoms with Crippen LogP contribution in [-0.4, -0.2) is 32.9 Å². The number of hydrogen-bond acceptors (Lipinski definition) is 5. The highest BCUT2D eigenvalue weighted by Gasteiger charge is 2.18. The number of rotatable bonds is 4. The lowest BCUT2D eigenvalue weighted by atomic mass is 10.1. The molecule has 1 aromatic carbocycles. The molecule has 0 amide bonds. The molecule has 3 rings (SSSR count). The van der Waals surface area contributed by atoms with Gasteiger partial charge >= 0.3 is 0 Å². The van der Waals surface area contributed by atoms with Crippen LogP contribution >= 0.6 is 11.6 Å². The Morgan fingerprint density at radius 2 is 2.35 bits per heavy atom. The van der Waals surface area contributed by atoms with E-state index in [0.717, 1.165) is 31.4 Å². The van der Waals surface area contributed by atoms with Crippen molar-refractivity contribution in [1.29, 1.82) is 0 Å². The lowest BCUT2D eigenvalue weighted by molar-refractivity contribution is 0.0994. The summed E-state index contributed by atoms with van der Waals surface area (Å²) >= 11 is 6.21. The molecule has 0 spiro atoms. The maximum atomic E-state index is 6.21. The number of ether oxygens (including phenoxy) is 1. The topological polar surface area (TPSA) is 78.9 Å². The summed E-state index contributed by atoms with van der Waals surface area (Å²) in [6.07, 6.45) is 3.47. The molecule has 2 N–H and O–H groups in total. The molecular formula is C13H16ClN5O. The van der Waals surface area contributed by atoms with E-state index in [2.05, 4.69) is 15.5 Å². The number of aromatic nitrogens is 4. The molecule has 6 nitrogen and oxygen atoms in total. The first kappa shape index (κ1) is 13.3. The lowest BCUT2D eigenvalue weighted by Gasteiger charge is -2.10. The molecule has 1 aliphatic rings. The number of tetrazole rings is 1. The van der Waals surface area contributed by atoms with Gasteiger partial charge in [0.05, 0.1) is 11.1 Å². The molecule has 1 saturated heterocycles. The maximum absolute atomic E-state index is 6.21. The van der Waals surface area contributed by atoms with E-state index in [9.17, 15) is 0 Å². The summed E-state index contributed by atoms with van der Waals surface area (Å²) in [6.45, 7) is 1.57. The van der Waals surface area contributed by atoms with Gasteiger partial charge in [0, 0.05) is 24.4 Å². The smallest absolute Gasteiger partial charge is 0.183 e. The van der Waals surface area contributed by atoms with Crippen LogP contribution in [0.1, 0.15) is 19.3 Å². The molecule has 20 heavy (non-hydrogen) atoms. The van der Waals surface area contributed by atoms with Crippen LogP contribution in [0.4, 0.5) is 5.69 Å². The number of anilines is 1. The highest BCUT2D eigenvalue weighted by Crippen LogP contribution is 2.28. The normalized spacial score (nSPS) is 18.6. The Labute approximate surface area is 121 Å². The molecule has 0 radical (unpaired) electrons. The zero-order chi connectivity index (χ0) is 13.9. The maximum Gasteiger partial charge on any atom is 0.183 e. The van der Waals surface area contributed by atoms with Crippen molar-refractivity contribution in [1.82, 2.24) is 20.2 Å². The van der Waals surface area contributed by atoms with Crippen molar-refractivity contribution >= 4 is 17.3 Å². The minimum absolute atomic E-state index is 0.314. The Bertz CT molecular complexity index is 594. The molecule has 1 aliphatic heterocycles. The molecule has 1 aromatic heterocycles. The van der Waals surface area contributed by atoms with Gasteiger partial charge in [0.15, 0.2) is 5.82 Å². The first-order valence-corrected chi connectivity index (χ1v) is 7.05. The molecule has 106 valence electrons. The molecule has 7 heteroatoms. The van der Waals surface area contributed by atoms with E-state index >= 15 is 0 Å². The van der Waals surface area contributed by atoms with Crippen LogP contribution in [0.25, 0.3) is 11.4 Å². The van der Waals surface area contributed by atoms with Crippen molar-refractivity contribution in [2.24, 2.45) is 0 Å². The second kappa shape index (κ2) is 5.76. The van der Waals surface area contributed by atoms with Crippen LogP contribution in [0, 0.1) is 0 Å². The van der Waals surface area contributed by atoms with Gasteiger partial charge in [-0.3, -0.25) is 0 Å². The highest BCUT2D eigenvalue weighted by molar-refractivity contribution is 6.33. The molecule has 0 aliphatic carbocycles. The number of halogens is 1. The Morgan fingerprint density at radius 1 is 1.45 bits per heavy atom. The highest BCUT2D eigenvalue weighted by atomic mass is 35.5. The second-order valence-electron chi connectivity index (χ2n) is 4.89. The van der Waals surface area contributed by atoms with Gasteiger partial charge in [0.2, 0.25) is 0 Å². The van der Waals surface area contributed by atoms with Gasteiger partial charge in [0.25, 0.3) is 0 Å². The zero-order valence-electron chi connectivity index (χ0n) is 11.0. The van der Waals surface area contributed by atoms with Crippen LogP contribution in [0.3, 0.4) is 0 Å². The second-order valence-corrected chi connectivity index (χ2v) is 5.30. The lowest BCUT2D eigenvalue weighted by Crippen LogP contribution is -2.12. The Morgan fingerprint density at radius 3 is 3.10 bits per heavy atom. The SMILES string of the molecule is Nc1ccc(-c2nnnn2CCC2CCCO2)c(Cl)c1. The fourth-order valence-corrected chi connectivity index (χ4v) is 2.67. The van der Waals surface area contributed by atoms with Crippen molar-refractivity contribution in [3.8, 4) is 11.4 Å². The molecule has 2 heterocycles. The fourth-order valence-electron chi connectivity index (χ4n) is 2.40. The van der Waals surface area contributed by atoms with Gasteiger partial charge in [-0.2, -0.15) is 0 Å². The van der Waals surface area contributed by atoms with E-state index in [-0.39, 0.29) is 0 Å². The molecule has 1 fully saturated rings. The molecule has 1 atom stereocenters. The summed E-state index contributed by atoms with van der Waals surface area (Å²) in [4.78, 5) is 0. The summed E-state index contributed by atoms with van der Waals surface area (Å²) in [5, 5.41) is 12.4. The van der Waals surface area contributed by atoms with E-state index in [1.54, 1.807) is 16.8 Å². The number of nitrogen functional groups attached to an aromatic ring is 1. The summed E-state index contributed by atoms with van der Waals surface area (Å²) < 4.78 is 7.37. The van der Waals surface area contributed by atoms with Gasteiger partial charge in [-0.15, -0.1) is 5.10 Å². The minimum Gasteiger partial charge on any atom is -0.399 e. The third kappa shape index (κ3) is 2.76. The predicted molar refractivity (Wildman–Crippen MR) is 76.3 cm³/mol. The number of nitrogens with zero attached hydrogens (tertiary/aromatic N) is 4. The van der Waals surface area contributed by atoms with Gasteiger partial charge in [-0.25, -0.2) is 4.68 Å². The van der Waals surface area contributed by atoms with E-state index in [1.165, 1.54) is 0 Å². The van der Waals surface area contributed by atoms with Crippen molar-refractivity contribution in [3.63, 3.8) is 0 Å². The molecule has 0 saturated carbocycles. The third-order valence-electron chi connectivity index (χ3n) is 3.45. The summed E-state index contributed by atoms with van der Waals surface area (Å²) in [7, 11) is 0. The number of nitrogens with two attached hydrogens (primary N) is 1. The predicted octanol–water partition coefficient (Wildman–Crippen LogP) is 2.14. The Balaban J connectivity index is 1.78. The molecular weight excluding hydrogens is 278 g/mol. The van der Waals surface area contributed by atoms with Gasteiger partial charge in [0.1, 0.15) is 0 Å². The quantitative estimate of drug-likeness (QED) is 0.874. The number of aryl methyl sites for hydroxylation is 1. The van der Waals surface area contributed by atoms with Gasteiger partial charge in [-0.05, 0) is 47.9 Å². The van der Waals surface area contributed by atoms with Crippen LogP contribution in [-0.2, 0) is 11.3 Å². The first-order chi connectivity index (χ1) is 9.74. The van der Waals surface area contributed by atoms with E-state index in [0.29, 0.717) is 29.2 Å². The largest absolute Gasteiger partial charge is 0.399 e. The van der Waals surface area contributed by atoms with Crippen LogP contribution < -0.4 is 5.73 Å². The fraction of sp³-hybridized carbons (Fsp3) is 0.462. The summed E-state index contributed by atoms with van der Waals surface area (Å²) in [6, 6.07) is 5.34. The average molecular weight is 294 g/mol. The average Bonchev–Trinajstić information content (AvgIpc) is 3.07. The van der Waals surface area contributed by atoms with Crippen molar-refractivity contribution in [3.05, 3.63) is 23.2 Å². The van der Waals surface area contributed by atoms with E-state index < -0.39 is 0 Å². The first-order valence-electron chi connectivity index (χ1n) is 6.67. The van der Waals surface area contributed by atoms with Gasteiger partial charge in [-0.1, -0.05) is 11.6 Å². The zero-order valence-corrected chi connectivity index (χ0v) is 11.8. The Hall–Kier alpha value is -1.66. The van der Waals surface area contributed by atoms with Crippen molar-refractivity contribution in [2.75, 3.05) is 12.3 Å². The van der Waals surface area contributed by atoms with Crippen molar-refractivity contribution in [2.45, 2.75) is 31.9 Å². The minimum atomic E-state index is 0.314.